The predicted octanol–water partition coefficient (Wildman–Crippen LogP) is 4.49. The van der Waals surface area contributed by atoms with E-state index in [0.29, 0.717) is 26.2 Å². The van der Waals surface area contributed by atoms with Gasteiger partial charge in [-0.25, -0.2) is 14.8 Å². The van der Waals surface area contributed by atoms with Crippen molar-refractivity contribution in [2.45, 2.75) is 19.6 Å². The lowest BCUT2D eigenvalue weighted by Gasteiger charge is -2.23. The molecule has 1 amide bonds. The zero-order valence-corrected chi connectivity index (χ0v) is 21.1. The number of fused-ring (bicyclic) bond motifs is 1. The van der Waals surface area contributed by atoms with E-state index >= 15 is 0 Å². The highest BCUT2D eigenvalue weighted by molar-refractivity contribution is 5.77. The number of halogens is 3. The predicted molar refractivity (Wildman–Crippen MR) is 134 cm³/mol. The van der Waals surface area contributed by atoms with Crippen LogP contribution in [0.2, 0.25) is 0 Å². The molecule has 0 bridgehead atoms. The molecule has 2 aliphatic rings. The Morgan fingerprint density at radius 3 is 2.42 bits per heavy atom. The van der Waals surface area contributed by atoms with Gasteiger partial charge in [0.2, 0.25) is 0 Å². The zero-order valence-electron chi connectivity index (χ0n) is 21.1. The quantitative estimate of drug-likeness (QED) is 0.468. The SMILES string of the molecule is C=C(C)N(C)c1cnn(C(=O)N2CC3CN(Cc4ccc(Oc5cncnc5)cc4C(F)(F)F)CC3C2)c1. The third-order valence-electron chi connectivity index (χ3n) is 7.11. The average molecular weight is 528 g/mol. The molecule has 4 heterocycles. The van der Waals surface area contributed by atoms with Crippen LogP contribution in [0.5, 0.6) is 11.5 Å². The Kier molecular flexibility index (Phi) is 6.82. The number of carbonyl (C=O) groups is 1. The molecule has 0 spiro atoms. The van der Waals surface area contributed by atoms with Crippen molar-refractivity contribution in [1.82, 2.24) is 29.5 Å². The van der Waals surface area contributed by atoms with Gasteiger partial charge in [0, 0.05) is 45.5 Å². The number of hydrogen-bond donors (Lipinski definition) is 0. The summed E-state index contributed by atoms with van der Waals surface area (Å²) in [6.07, 6.45) is 2.85. The number of allylic oxidation sites excluding steroid dienone is 1. The number of likely N-dealkylation sites (tertiary alicyclic amines) is 2. The number of rotatable bonds is 6. The summed E-state index contributed by atoms with van der Waals surface area (Å²) < 4.78 is 48.6. The van der Waals surface area contributed by atoms with Crippen molar-refractivity contribution in [3.63, 3.8) is 0 Å². The molecule has 2 fully saturated rings. The Hall–Kier alpha value is -3.93. The van der Waals surface area contributed by atoms with Crippen LogP contribution in [0.3, 0.4) is 0 Å². The molecule has 2 aromatic heterocycles. The second-order valence-electron chi connectivity index (χ2n) is 9.83. The van der Waals surface area contributed by atoms with Crippen molar-refractivity contribution >= 4 is 11.7 Å². The fourth-order valence-electron chi connectivity index (χ4n) is 5.07. The van der Waals surface area contributed by atoms with E-state index in [0.717, 1.165) is 17.5 Å². The van der Waals surface area contributed by atoms with E-state index in [4.69, 9.17) is 4.74 Å². The first-order valence-electron chi connectivity index (χ1n) is 12.2. The molecule has 200 valence electrons. The molecule has 9 nitrogen and oxygen atoms in total. The largest absolute Gasteiger partial charge is 0.454 e. The van der Waals surface area contributed by atoms with Crippen LogP contribution >= 0.6 is 0 Å². The minimum atomic E-state index is -4.53. The lowest BCUT2D eigenvalue weighted by molar-refractivity contribution is -0.138. The number of ether oxygens (including phenoxy) is 1. The summed E-state index contributed by atoms with van der Waals surface area (Å²) >= 11 is 0. The molecule has 2 atom stereocenters. The number of carbonyl (C=O) groups excluding carboxylic acids is 1. The monoisotopic (exact) mass is 527 g/mol. The van der Waals surface area contributed by atoms with Crippen molar-refractivity contribution in [2.75, 3.05) is 38.1 Å². The van der Waals surface area contributed by atoms with Gasteiger partial charge in [0.25, 0.3) is 0 Å². The Labute approximate surface area is 218 Å². The summed E-state index contributed by atoms with van der Waals surface area (Å²) in [5, 5.41) is 4.20. The molecule has 0 N–H and O–H groups in total. The maximum atomic E-state index is 13.9. The summed E-state index contributed by atoms with van der Waals surface area (Å²) in [5.41, 5.74) is 1.06. The van der Waals surface area contributed by atoms with Gasteiger partial charge < -0.3 is 14.5 Å². The topological polar surface area (TPSA) is 79.6 Å². The van der Waals surface area contributed by atoms with E-state index in [1.54, 1.807) is 17.3 Å². The lowest BCUT2D eigenvalue weighted by Crippen LogP contribution is -2.36. The van der Waals surface area contributed by atoms with Gasteiger partial charge in [0.1, 0.15) is 12.1 Å². The number of anilines is 1. The molecule has 12 heteroatoms. The lowest BCUT2D eigenvalue weighted by atomic mass is 10.0. The van der Waals surface area contributed by atoms with E-state index in [1.807, 2.05) is 23.8 Å². The summed E-state index contributed by atoms with van der Waals surface area (Å²) in [6, 6.07) is 3.80. The van der Waals surface area contributed by atoms with E-state index in [1.165, 1.54) is 35.5 Å². The van der Waals surface area contributed by atoms with Crippen LogP contribution in [-0.4, -0.2) is 68.8 Å². The molecule has 0 saturated carbocycles. The van der Waals surface area contributed by atoms with Crippen molar-refractivity contribution in [3.05, 3.63) is 72.7 Å². The number of amides is 1. The fraction of sp³-hybridized carbons (Fsp3) is 0.385. The zero-order chi connectivity index (χ0) is 27.0. The van der Waals surface area contributed by atoms with E-state index in [-0.39, 0.29) is 41.5 Å². The Balaban J connectivity index is 1.22. The van der Waals surface area contributed by atoms with Crippen LogP contribution in [0.1, 0.15) is 18.1 Å². The van der Waals surface area contributed by atoms with E-state index < -0.39 is 11.7 Å². The van der Waals surface area contributed by atoms with Crippen LogP contribution in [0.4, 0.5) is 23.7 Å². The minimum Gasteiger partial charge on any atom is -0.454 e. The molecular formula is C26H28F3N7O2. The van der Waals surface area contributed by atoms with Crippen LogP contribution in [-0.2, 0) is 12.7 Å². The number of hydrogen-bond acceptors (Lipinski definition) is 7. The molecule has 1 aromatic carbocycles. The summed E-state index contributed by atoms with van der Waals surface area (Å²) in [7, 11) is 1.85. The van der Waals surface area contributed by atoms with E-state index in [9.17, 15) is 18.0 Å². The normalized spacial score (nSPS) is 19.4. The number of aromatic nitrogens is 4. The molecule has 3 aromatic rings. The van der Waals surface area contributed by atoms with E-state index in [2.05, 4.69) is 21.6 Å². The smallest absolute Gasteiger partial charge is 0.416 e. The molecular weight excluding hydrogens is 499 g/mol. The minimum absolute atomic E-state index is 0.0690. The fourth-order valence-corrected chi connectivity index (χ4v) is 5.07. The standard InChI is InChI=1S/C26H28F3N7O2/c1-17(2)33(3)21-7-32-36(15-21)25(37)35-13-19-11-34(12-20(19)14-35)10-18-4-5-22(6-24(18)26(27,28)29)38-23-8-30-16-31-9-23/h4-9,15-16,19-20H,1,10-14H2,2-3H3. The third-order valence-corrected chi connectivity index (χ3v) is 7.11. The molecule has 2 aliphatic heterocycles. The van der Waals surface area contributed by atoms with Gasteiger partial charge in [0.15, 0.2) is 5.75 Å². The maximum Gasteiger partial charge on any atom is 0.416 e. The van der Waals surface area contributed by atoms with Gasteiger partial charge in [-0.3, -0.25) is 4.90 Å². The highest BCUT2D eigenvalue weighted by Crippen LogP contribution is 2.38. The first kappa shape index (κ1) is 25.7. The van der Waals surface area contributed by atoms with Crippen LogP contribution in [0.15, 0.2) is 61.6 Å². The number of nitrogens with zero attached hydrogens (tertiary/aromatic N) is 7. The summed E-state index contributed by atoms with van der Waals surface area (Å²) in [6.45, 7) is 8.26. The van der Waals surface area contributed by atoms with Gasteiger partial charge in [-0.1, -0.05) is 12.6 Å². The highest BCUT2D eigenvalue weighted by Gasteiger charge is 2.43. The van der Waals surface area contributed by atoms with Crippen LogP contribution in [0.25, 0.3) is 0 Å². The van der Waals surface area contributed by atoms with Crippen molar-refractivity contribution < 1.29 is 22.7 Å². The molecule has 0 aliphatic carbocycles. The Morgan fingerprint density at radius 1 is 1.11 bits per heavy atom. The third kappa shape index (κ3) is 5.35. The Morgan fingerprint density at radius 2 is 1.79 bits per heavy atom. The van der Waals surface area contributed by atoms with Gasteiger partial charge in [-0.15, -0.1) is 0 Å². The second kappa shape index (κ2) is 10.1. The number of benzene rings is 1. The van der Waals surface area contributed by atoms with Gasteiger partial charge in [0.05, 0.1) is 36.0 Å². The second-order valence-corrected chi connectivity index (χ2v) is 9.83. The average Bonchev–Trinajstić information content (AvgIpc) is 3.59. The van der Waals surface area contributed by atoms with Gasteiger partial charge >= 0.3 is 12.2 Å². The molecule has 38 heavy (non-hydrogen) atoms. The molecule has 2 saturated heterocycles. The van der Waals surface area contributed by atoms with Crippen LogP contribution < -0.4 is 9.64 Å². The van der Waals surface area contributed by atoms with Crippen molar-refractivity contribution in [3.8, 4) is 11.5 Å². The van der Waals surface area contributed by atoms with Crippen molar-refractivity contribution in [1.29, 1.82) is 0 Å². The van der Waals surface area contributed by atoms with Gasteiger partial charge in [-0.2, -0.15) is 23.0 Å². The molecule has 2 unspecified atom stereocenters. The highest BCUT2D eigenvalue weighted by atomic mass is 19.4. The first-order valence-corrected chi connectivity index (χ1v) is 12.2. The maximum absolute atomic E-state index is 13.9. The van der Waals surface area contributed by atoms with Gasteiger partial charge in [-0.05, 0) is 36.5 Å². The Bertz CT molecular complexity index is 1310. The van der Waals surface area contributed by atoms with Crippen molar-refractivity contribution in [2.24, 2.45) is 11.8 Å². The van der Waals surface area contributed by atoms with Crippen LogP contribution in [0, 0.1) is 11.8 Å². The molecule has 0 radical (unpaired) electrons. The summed E-state index contributed by atoms with van der Waals surface area (Å²) in [4.78, 5) is 26.3. The molecule has 5 rings (SSSR count). The first-order chi connectivity index (χ1) is 18.1. The summed E-state index contributed by atoms with van der Waals surface area (Å²) in [5.74, 6) is 0.720. The number of alkyl halides is 3.